The minimum absolute atomic E-state index is 0.0430. The van der Waals surface area contributed by atoms with E-state index in [-0.39, 0.29) is 53.8 Å². The van der Waals surface area contributed by atoms with Crippen LogP contribution in [0.3, 0.4) is 0 Å². The lowest BCUT2D eigenvalue weighted by atomic mass is 9.87. The smallest absolute Gasteiger partial charge is 0.227 e. The van der Waals surface area contributed by atoms with E-state index in [2.05, 4.69) is 94.4 Å². The summed E-state index contributed by atoms with van der Waals surface area (Å²) in [6, 6.07) is 26.6. The van der Waals surface area contributed by atoms with E-state index in [0.29, 0.717) is 55.9 Å². The molecule has 2 unspecified atom stereocenters. The number of carbonyl (C=O) groups is 2. The summed E-state index contributed by atoms with van der Waals surface area (Å²) in [4.78, 5) is 33.6. The predicted octanol–water partition coefficient (Wildman–Crippen LogP) is 4.91. The monoisotopic (exact) mass is 710 g/mol. The average molecular weight is 711 g/mol. The third kappa shape index (κ3) is 8.61. The first-order chi connectivity index (χ1) is 25.5. The first-order valence-corrected chi connectivity index (χ1v) is 18.3. The van der Waals surface area contributed by atoms with Crippen molar-refractivity contribution < 1.29 is 9.59 Å². The number of benzene rings is 2. The summed E-state index contributed by atoms with van der Waals surface area (Å²) in [5, 5.41) is 39.0. The van der Waals surface area contributed by atoms with Gasteiger partial charge in [-0.2, -0.15) is 10.5 Å². The van der Waals surface area contributed by atoms with Crippen molar-refractivity contribution in [3.63, 3.8) is 0 Å². The van der Waals surface area contributed by atoms with Crippen LogP contribution in [0, 0.1) is 22.7 Å². The molecule has 2 aliphatic heterocycles. The van der Waals surface area contributed by atoms with Gasteiger partial charge in [0.25, 0.3) is 0 Å². The van der Waals surface area contributed by atoms with Gasteiger partial charge in [0, 0.05) is 25.7 Å². The fourth-order valence-electron chi connectivity index (χ4n) is 7.34. The Hall–Kier alpha value is -5.88. The molecule has 2 fully saturated rings. The topological polar surface area (TPSA) is 155 Å². The van der Waals surface area contributed by atoms with Gasteiger partial charge in [0.2, 0.25) is 11.8 Å². The number of amides is 2. The Labute approximate surface area is 311 Å². The van der Waals surface area contributed by atoms with E-state index in [1.54, 1.807) is 24.3 Å². The van der Waals surface area contributed by atoms with Gasteiger partial charge >= 0.3 is 0 Å². The standard InChI is InChI=1S/C41H46N10O2/c1-26(2)31-10-6-29(7-11-31)18-40(52)44-36-25-50(38-16-14-33(21-42)45-47-38)37(36)20-35-24-49(41(53)19-30-8-12-32(13-9-30)27(3)4)23-28(5)51(35)39-17-15-34(22-43)46-48-39/h6-17,26-28,35-37H,18-20,23-25H2,1-5H3,(H,44,52)/t28-,35+,36?,37?/m1/s1. The zero-order valence-electron chi connectivity index (χ0n) is 31.0. The fraction of sp³-hybridized carbons (Fsp3) is 0.415. The number of nitrogens with one attached hydrogen (secondary N) is 1. The Balaban J connectivity index is 1.26. The maximum Gasteiger partial charge on any atom is 0.227 e. The van der Waals surface area contributed by atoms with Gasteiger partial charge in [0.15, 0.2) is 23.0 Å². The Kier molecular flexibility index (Phi) is 11.3. The highest BCUT2D eigenvalue weighted by Crippen LogP contribution is 2.33. The van der Waals surface area contributed by atoms with Crippen LogP contribution in [0.1, 0.15) is 86.5 Å². The number of anilines is 2. The van der Waals surface area contributed by atoms with Crippen LogP contribution >= 0.6 is 0 Å². The Morgan fingerprint density at radius 1 is 0.736 bits per heavy atom. The van der Waals surface area contributed by atoms with Crippen molar-refractivity contribution in [2.75, 3.05) is 29.4 Å². The molecule has 6 rings (SSSR count). The molecule has 2 aromatic heterocycles. The summed E-state index contributed by atoms with van der Waals surface area (Å²) in [7, 11) is 0. The molecule has 2 aromatic carbocycles. The zero-order chi connectivity index (χ0) is 37.6. The molecule has 4 heterocycles. The summed E-state index contributed by atoms with van der Waals surface area (Å²) in [6.07, 6.45) is 1.10. The summed E-state index contributed by atoms with van der Waals surface area (Å²) >= 11 is 0. The molecule has 4 atom stereocenters. The third-order valence-electron chi connectivity index (χ3n) is 10.4. The molecule has 2 aliphatic rings. The summed E-state index contributed by atoms with van der Waals surface area (Å²) in [6.45, 7) is 12.1. The molecular weight excluding hydrogens is 665 g/mol. The van der Waals surface area contributed by atoms with Gasteiger partial charge in [-0.05, 0) is 71.7 Å². The van der Waals surface area contributed by atoms with Crippen LogP contribution in [0.4, 0.5) is 11.6 Å². The second kappa shape index (κ2) is 16.2. The Morgan fingerprint density at radius 3 is 1.79 bits per heavy atom. The van der Waals surface area contributed by atoms with Crippen molar-refractivity contribution in [3.05, 3.63) is 106 Å². The van der Waals surface area contributed by atoms with Crippen molar-refractivity contribution in [1.82, 2.24) is 30.6 Å². The Morgan fingerprint density at radius 2 is 1.28 bits per heavy atom. The van der Waals surface area contributed by atoms with Crippen LogP contribution in [0.15, 0.2) is 72.8 Å². The number of carbonyl (C=O) groups excluding carboxylic acids is 2. The number of piperazine rings is 1. The van der Waals surface area contributed by atoms with Crippen LogP contribution < -0.4 is 15.1 Å². The lowest BCUT2D eigenvalue weighted by Gasteiger charge is -2.53. The highest BCUT2D eigenvalue weighted by atomic mass is 16.2. The van der Waals surface area contributed by atoms with Crippen molar-refractivity contribution >= 4 is 23.5 Å². The molecule has 272 valence electrons. The summed E-state index contributed by atoms with van der Waals surface area (Å²) < 4.78 is 0. The molecule has 0 bridgehead atoms. The number of hydrogen-bond acceptors (Lipinski definition) is 10. The molecule has 53 heavy (non-hydrogen) atoms. The minimum atomic E-state index is -0.213. The van der Waals surface area contributed by atoms with Gasteiger partial charge in [-0.15, -0.1) is 20.4 Å². The second-order valence-electron chi connectivity index (χ2n) is 14.8. The van der Waals surface area contributed by atoms with Crippen LogP contribution in [-0.2, 0) is 22.4 Å². The molecule has 0 radical (unpaired) electrons. The van der Waals surface area contributed by atoms with Crippen molar-refractivity contribution in [2.45, 2.75) is 89.9 Å². The van der Waals surface area contributed by atoms with Crippen LogP contribution in [0.25, 0.3) is 0 Å². The first-order valence-electron chi connectivity index (χ1n) is 18.3. The quantitative estimate of drug-likeness (QED) is 0.227. The van der Waals surface area contributed by atoms with Gasteiger partial charge in [-0.3, -0.25) is 9.59 Å². The maximum absolute atomic E-state index is 13.9. The molecule has 0 spiro atoms. The van der Waals surface area contributed by atoms with E-state index in [1.165, 1.54) is 11.1 Å². The van der Waals surface area contributed by atoms with Gasteiger partial charge in [0.1, 0.15) is 12.1 Å². The molecule has 4 aromatic rings. The Bertz CT molecular complexity index is 1970. The zero-order valence-corrected chi connectivity index (χ0v) is 31.0. The third-order valence-corrected chi connectivity index (χ3v) is 10.4. The molecule has 2 saturated heterocycles. The summed E-state index contributed by atoms with van der Waals surface area (Å²) in [5.74, 6) is 2.01. The van der Waals surface area contributed by atoms with E-state index >= 15 is 0 Å². The molecule has 0 aliphatic carbocycles. The van der Waals surface area contributed by atoms with Crippen molar-refractivity contribution in [3.8, 4) is 12.1 Å². The molecule has 1 N–H and O–H groups in total. The molecule has 2 amide bonds. The van der Waals surface area contributed by atoms with Crippen LogP contribution in [0.2, 0.25) is 0 Å². The van der Waals surface area contributed by atoms with Crippen molar-refractivity contribution in [1.29, 1.82) is 10.5 Å². The highest BCUT2D eigenvalue weighted by molar-refractivity contribution is 5.80. The highest BCUT2D eigenvalue weighted by Gasteiger charge is 2.45. The van der Waals surface area contributed by atoms with Crippen LogP contribution in [-0.4, -0.2) is 80.9 Å². The lowest BCUT2D eigenvalue weighted by Crippen LogP contribution is -2.70. The predicted molar refractivity (Wildman–Crippen MR) is 202 cm³/mol. The summed E-state index contributed by atoms with van der Waals surface area (Å²) in [5.41, 5.74) is 4.81. The maximum atomic E-state index is 13.9. The van der Waals surface area contributed by atoms with E-state index in [4.69, 9.17) is 0 Å². The van der Waals surface area contributed by atoms with Crippen LogP contribution in [0.5, 0.6) is 0 Å². The van der Waals surface area contributed by atoms with E-state index in [1.807, 2.05) is 41.3 Å². The van der Waals surface area contributed by atoms with Gasteiger partial charge < -0.3 is 20.0 Å². The van der Waals surface area contributed by atoms with E-state index in [0.717, 1.165) is 11.1 Å². The molecule has 0 saturated carbocycles. The average Bonchev–Trinajstić information content (AvgIpc) is 3.15. The van der Waals surface area contributed by atoms with Gasteiger partial charge in [0.05, 0.1) is 31.0 Å². The second-order valence-corrected chi connectivity index (χ2v) is 14.8. The lowest BCUT2D eigenvalue weighted by molar-refractivity contribution is -0.131. The molecule has 12 nitrogen and oxygen atoms in total. The van der Waals surface area contributed by atoms with Crippen molar-refractivity contribution in [2.24, 2.45) is 0 Å². The number of nitrogens with zero attached hydrogens (tertiary/aromatic N) is 9. The number of rotatable bonds is 11. The number of hydrogen-bond donors (Lipinski definition) is 1. The number of aromatic nitrogens is 4. The molecule has 12 heteroatoms. The first kappa shape index (κ1) is 36.9. The van der Waals surface area contributed by atoms with Gasteiger partial charge in [-0.25, -0.2) is 0 Å². The van der Waals surface area contributed by atoms with E-state index in [9.17, 15) is 20.1 Å². The van der Waals surface area contributed by atoms with E-state index < -0.39 is 0 Å². The normalized spacial score (nSPS) is 19.8. The fourth-order valence-corrected chi connectivity index (χ4v) is 7.34. The SMILES string of the molecule is CC(C)c1ccc(CC(=O)NC2CN(c3ccc(C#N)nn3)C2C[C@H]2CN(C(=O)Cc3ccc(C(C)C)cc3)C[C@@H](C)N2c2ccc(C#N)nn2)cc1. The number of nitriles is 2. The van der Waals surface area contributed by atoms with Gasteiger partial charge in [-0.1, -0.05) is 76.2 Å². The largest absolute Gasteiger partial charge is 0.349 e. The minimum Gasteiger partial charge on any atom is -0.349 e. The molecular formula is C41H46N10O2.